The zero-order valence-corrected chi connectivity index (χ0v) is 10.7. The van der Waals surface area contributed by atoms with Gasteiger partial charge in [-0.3, -0.25) is 4.79 Å². The molecule has 6 nitrogen and oxygen atoms in total. The quantitative estimate of drug-likeness (QED) is 0.648. The molecule has 0 radical (unpaired) electrons. The van der Waals surface area contributed by atoms with Gasteiger partial charge in [-0.25, -0.2) is 9.18 Å². The summed E-state index contributed by atoms with van der Waals surface area (Å²) >= 11 is 0. The predicted octanol–water partition coefficient (Wildman–Crippen LogP) is 0.546. The molecule has 0 aromatic heterocycles. The lowest BCUT2D eigenvalue weighted by atomic mass is 10.2. The van der Waals surface area contributed by atoms with Gasteiger partial charge in [-0.05, 0) is 24.3 Å². The predicted molar refractivity (Wildman–Crippen MR) is 67.8 cm³/mol. The van der Waals surface area contributed by atoms with E-state index >= 15 is 0 Å². The summed E-state index contributed by atoms with van der Waals surface area (Å²) in [6.45, 7) is -0.285. The molecule has 0 aliphatic carbocycles. The highest BCUT2D eigenvalue weighted by molar-refractivity contribution is 5.83. The number of amides is 1. The lowest BCUT2D eigenvalue weighted by molar-refractivity contribution is -0.142. The van der Waals surface area contributed by atoms with E-state index in [0.29, 0.717) is 5.75 Å². The van der Waals surface area contributed by atoms with Gasteiger partial charge in [0.15, 0.2) is 0 Å². The summed E-state index contributed by atoms with van der Waals surface area (Å²) in [6.07, 6.45) is -0.0908. The summed E-state index contributed by atoms with van der Waals surface area (Å²) in [6, 6.07) is 4.21. The SMILES string of the molecule is O=C(CCOc1ccc(F)cc1)N[C@@H](CCO)C(=O)O. The molecular weight excluding hydrogens is 269 g/mol. The van der Waals surface area contributed by atoms with E-state index in [-0.39, 0.29) is 31.9 Å². The van der Waals surface area contributed by atoms with Gasteiger partial charge in [0, 0.05) is 13.0 Å². The third-order valence-corrected chi connectivity index (χ3v) is 2.46. The number of hydrogen-bond acceptors (Lipinski definition) is 4. The normalized spacial score (nSPS) is 11.7. The number of hydrogen-bond donors (Lipinski definition) is 3. The Hall–Kier alpha value is -2.15. The molecule has 0 saturated heterocycles. The van der Waals surface area contributed by atoms with Crippen LogP contribution in [0.3, 0.4) is 0 Å². The number of carboxylic acids is 1. The standard InChI is InChI=1S/C13H16FNO5/c14-9-1-3-10(4-2-9)20-8-6-12(17)15-11(5-7-16)13(18)19/h1-4,11,16H,5-8H2,(H,15,17)(H,18,19)/t11-/m0/s1. The van der Waals surface area contributed by atoms with E-state index in [4.69, 9.17) is 14.9 Å². The average molecular weight is 285 g/mol. The van der Waals surface area contributed by atoms with E-state index in [1.807, 2.05) is 0 Å². The van der Waals surface area contributed by atoms with Crippen molar-refractivity contribution in [3.63, 3.8) is 0 Å². The lowest BCUT2D eigenvalue weighted by Gasteiger charge is -2.13. The number of nitrogens with one attached hydrogen (secondary N) is 1. The summed E-state index contributed by atoms with van der Waals surface area (Å²) < 4.78 is 17.8. The van der Waals surface area contributed by atoms with Crippen molar-refractivity contribution < 1.29 is 28.9 Å². The number of aliphatic hydroxyl groups is 1. The molecule has 1 rings (SSSR count). The van der Waals surface area contributed by atoms with Crippen molar-refractivity contribution in [2.75, 3.05) is 13.2 Å². The van der Waals surface area contributed by atoms with Crippen LogP contribution >= 0.6 is 0 Å². The molecule has 0 aliphatic rings. The van der Waals surface area contributed by atoms with Crippen LogP contribution in [0.1, 0.15) is 12.8 Å². The van der Waals surface area contributed by atoms with Crippen LogP contribution in [0.2, 0.25) is 0 Å². The van der Waals surface area contributed by atoms with Crippen molar-refractivity contribution >= 4 is 11.9 Å². The number of rotatable bonds is 8. The van der Waals surface area contributed by atoms with Gasteiger partial charge in [0.25, 0.3) is 0 Å². The van der Waals surface area contributed by atoms with Gasteiger partial charge in [-0.15, -0.1) is 0 Å². The molecule has 1 aromatic rings. The third-order valence-electron chi connectivity index (χ3n) is 2.46. The first-order chi connectivity index (χ1) is 9.52. The molecule has 7 heteroatoms. The highest BCUT2D eigenvalue weighted by Crippen LogP contribution is 2.11. The Labute approximate surface area is 115 Å². The highest BCUT2D eigenvalue weighted by Gasteiger charge is 2.18. The van der Waals surface area contributed by atoms with Crippen molar-refractivity contribution in [3.8, 4) is 5.75 Å². The first-order valence-electron chi connectivity index (χ1n) is 6.04. The van der Waals surface area contributed by atoms with Crippen LogP contribution in [0.15, 0.2) is 24.3 Å². The molecule has 1 atom stereocenters. The van der Waals surface area contributed by atoms with Gasteiger partial charge >= 0.3 is 5.97 Å². The second-order valence-corrected chi connectivity index (χ2v) is 4.02. The van der Waals surface area contributed by atoms with E-state index in [9.17, 15) is 14.0 Å². The molecule has 0 heterocycles. The van der Waals surface area contributed by atoms with Gasteiger partial charge in [0.1, 0.15) is 17.6 Å². The minimum absolute atomic E-state index is 0.0351. The Morgan fingerprint density at radius 3 is 2.50 bits per heavy atom. The molecule has 20 heavy (non-hydrogen) atoms. The van der Waals surface area contributed by atoms with Crippen LogP contribution in [-0.4, -0.2) is 41.3 Å². The number of carboxylic acid groups (broad SMARTS) is 1. The maximum atomic E-state index is 12.6. The first-order valence-corrected chi connectivity index (χ1v) is 6.04. The van der Waals surface area contributed by atoms with E-state index < -0.39 is 17.9 Å². The fourth-order valence-corrected chi connectivity index (χ4v) is 1.45. The van der Waals surface area contributed by atoms with Crippen LogP contribution in [0.5, 0.6) is 5.75 Å². The molecule has 1 aromatic carbocycles. The largest absolute Gasteiger partial charge is 0.493 e. The average Bonchev–Trinajstić information content (AvgIpc) is 2.40. The first kappa shape index (κ1) is 15.9. The number of carbonyl (C=O) groups is 2. The van der Waals surface area contributed by atoms with Crippen LogP contribution in [0.25, 0.3) is 0 Å². The van der Waals surface area contributed by atoms with Crippen LogP contribution in [0.4, 0.5) is 4.39 Å². The number of benzene rings is 1. The van der Waals surface area contributed by atoms with E-state index in [2.05, 4.69) is 5.32 Å². The summed E-state index contributed by atoms with van der Waals surface area (Å²) in [5, 5.41) is 19.7. The molecule has 0 aliphatic heterocycles. The molecule has 3 N–H and O–H groups in total. The van der Waals surface area contributed by atoms with Crippen molar-refractivity contribution in [2.45, 2.75) is 18.9 Å². The fraction of sp³-hybridized carbons (Fsp3) is 0.385. The fourth-order valence-electron chi connectivity index (χ4n) is 1.45. The number of ether oxygens (including phenoxy) is 1. The Morgan fingerprint density at radius 2 is 1.95 bits per heavy atom. The Morgan fingerprint density at radius 1 is 1.30 bits per heavy atom. The van der Waals surface area contributed by atoms with E-state index in [1.54, 1.807) is 0 Å². The highest BCUT2D eigenvalue weighted by atomic mass is 19.1. The van der Waals surface area contributed by atoms with E-state index in [1.165, 1.54) is 24.3 Å². The number of aliphatic carboxylic acids is 1. The Kier molecular flexibility index (Phi) is 6.45. The van der Waals surface area contributed by atoms with Crippen LogP contribution in [-0.2, 0) is 9.59 Å². The minimum atomic E-state index is -1.20. The van der Waals surface area contributed by atoms with Crippen molar-refractivity contribution in [2.24, 2.45) is 0 Å². The van der Waals surface area contributed by atoms with Crippen molar-refractivity contribution in [1.29, 1.82) is 0 Å². The molecular formula is C13H16FNO5. The summed E-state index contributed by atoms with van der Waals surface area (Å²) in [4.78, 5) is 22.2. The maximum absolute atomic E-state index is 12.6. The molecule has 0 saturated carbocycles. The van der Waals surface area contributed by atoms with Gasteiger partial charge in [0.2, 0.25) is 5.91 Å². The van der Waals surface area contributed by atoms with Crippen molar-refractivity contribution in [1.82, 2.24) is 5.32 Å². The van der Waals surface area contributed by atoms with Crippen molar-refractivity contribution in [3.05, 3.63) is 30.1 Å². The number of carbonyl (C=O) groups excluding carboxylic acids is 1. The van der Waals surface area contributed by atoms with Gasteiger partial charge < -0.3 is 20.3 Å². The zero-order valence-electron chi connectivity index (χ0n) is 10.7. The van der Waals surface area contributed by atoms with Gasteiger partial charge in [-0.1, -0.05) is 0 Å². The zero-order chi connectivity index (χ0) is 15.0. The topological polar surface area (TPSA) is 95.9 Å². The van der Waals surface area contributed by atoms with Crippen LogP contribution in [0, 0.1) is 5.82 Å². The molecule has 110 valence electrons. The van der Waals surface area contributed by atoms with E-state index in [0.717, 1.165) is 0 Å². The second-order valence-electron chi connectivity index (χ2n) is 4.02. The number of halogens is 1. The van der Waals surface area contributed by atoms with Gasteiger partial charge in [0.05, 0.1) is 13.0 Å². The van der Waals surface area contributed by atoms with Gasteiger partial charge in [-0.2, -0.15) is 0 Å². The lowest BCUT2D eigenvalue weighted by Crippen LogP contribution is -2.41. The molecule has 0 bridgehead atoms. The third kappa shape index (κ3) is 5.66. The summed E-state index contributed by atoms with van der Waals surface area (Å²) in [5.74, 6) is -1.66. The molecule has 0 unspecified atom stereocenters. The Balaban J connectivity index is 2.32. The summed E-state index contributed by atoms with van der Waals surface area (Å²) in [5.41, 5.74) is 0. The van der Waals surface area contributed by atoms with Crippen LogP contribution < -0.4 is 10.1 Å². The monoisotopic (exact) mass is 285 g/mol. The molecule has 0 spiro atoms. The second kappa shape index (κ2) is 8.11. The smallest absolute Gasteiger partial charge is 0.326 e. The Bertz CT molecular complexity index is 449. The summed E-state index contributed by atoms with van der Waals surface area (Å²) in [7, 11) is 0. The number of aliphatic hydroxyl groups excluding tert-OH is 1. The maximum Gasteiger partial charge on any atom is 0.326 e. The molecule has 1 amide bonds. The molecule has 0 fully saturated rings. The minimum Gasteiger partial charge on any atom is -0.493 e.